The fourth-order valence-electron chi connectivity index (χ4n) is 1.32. The molecule has 17 heavy (non-hydrogen) atoms. The number of hydrogen-bond acceptors (Lipinski definition) is 4. The molecule has 0 aromatic heterocycles. The Labute approximate surface area is 103 Å². The van der Waals surface area contributed by atoms with E-state index in [0.29, 0.717) is 0 Å². The van der Waals surface area contributed by atoms with E-state index in [0.717, 1.165) is 0 Å². The van der Waals surface area contributed by atoms with E-state index < -0.39 is 17.9 Å². The Kier molecular flexibility index (Phi) is 5.61. The number of hydrogen-bond donors (Lipinski definition) is 1. The van der Waals surface area contributed by atoms with Crippen LogP contribution in [0.4, 0.5) is 0 Å². The molecule has 5 heteroatoms. The molecule has 100 valence electrons. The van der Waals surface area contributed by atoms with E-state index in [1.165, 1.54) is 4.90 Å². The largest absolute Gasteiger partial charge is 0.464 e. The molecule has 0 saturated carbocycles. The smallest absolute Gasteiger partial charge is 0.332 e. The SMILES string of the molecule is CCOC(=O)C(N)C(=O)N(C)C(C)C(C)(C)C. The second-order valence-electron chi connectivity index (χ2n) is 5.22. The summed E-state index contributed by atoms with van der Waals surface area (Å²) in [6.07, 6.45) is 0. The third kappa shape index (κ3) is 4.34. The molecule has 0 radical (unpaired) electrons. The van der Waals surface area contributed by atoms with Crippen LogP contribution in [0.5, 0.6) is 0 Å². The van der Waals surface area contributed by atoms with Gasteiger partial charge in [0.05, 0.1) is 6.61 Å². The van der Waals surface area contributed by atoms with Gasteiger partial charge in [-0.2, -0.15) is 0 Å². The molecule has 1 amide bonds. The van der Waals surface area contributed by atoms with Gasteiger partial charge >= 0.3 is 5.97 Å². The van der Waals surface area contributed by atoms with Crippen LogP contribution in [0.15, 0.2) is 0 Å². The monoisotopic (exact) mass is 244 g/mol. The molecule has 5 nitrogen and oxygen atoms in total. The van der Waals surface area contributed by atoms with Crippen molar-refractivity contribution in [1.29, 1.82) is 0 Å². The molecule has 0 spiro atoms. The summed E-state index contributed by atoms with van der Waals surface area (Å²) in [5, 5.41) is 0. The molecule has 0 fully saturated rings. The van der Waals surface area contributed by atoms with Crippen molar-refractivity contribution in [3.8, 4) is 0 Å². The highest BCUT2D eigenvalue weighted by Gasteiger charge is 2.33. The van der Waals surface area contributed by atoms with Crippen molar-refractivity contribution in [2.75, 3.05) is 13.7 Å². The van der Waals surface area contributed by atoms with Crippen LogP contribution in [-0.4, -0.2) is 42.5 Å². The fourth-order valence-corrected chi connectivity index (χ4v) is 1.32. The Morgan fingerprint density at radius 2 is 1.82 bits per heavy atom. The van der Waals surface area contributed by atoms with Crippen molar-refractivity contribution in [1.82, 2.24) is 4.90 Å². The summed E-state index contributed by atoms with van der Waals surface area (Å²) in [5.74, 6) is -1.09. The first kappa shape index (κ1) is 15.9. The molecular weight excluding hydrogens is 220 g/mol. The van der Waals surface area contributed by atoms with Crippen molar-refractivity contribution < 1.29 is 14.3 Å². The molecule has 0 aliphatic rings. The molecular formula is C12H24N2O3. The van der Waals surface area contributed by atoms with Gasteiger partial charge in [-0.25, -0.2) is 4.79 Å². The number of nitrogens with two attached hydrogens (primary N) is 1. The van der Waals surface area contributed by atoms with Gasteiger partial charge in [-0.15, -0.1) is 0 Å². The number of esters is 1. The zero-order valence-corrected chi connectivity index (χ0v) is 11.6. The average molecular weight is 244 g/mol. The third-order valence-electron chi connectivity index (χ3n) is 2.99. The second-order valence-corrected chi connectivity index (χ2v) is 5.22. The van der Waals surface area contributed by atoms with Gasteiger partial charge in [-0.1, -0.05) is 20.8 Å². The van der Waals surface area contributed by atoms with E-state index in [2.05, 4.69) is 0 Å². The van der Waals surface area contributed by atoms with E-state index >= 15 is 0 Å². The Bertz CT molecular complexity index is 284. The predicted octanol–water partition coefficient (Wildman–Crippen LogP) is 0.770. The molecule has 0 heterocycles. The highest BCUT2D eigenvalue weighted by Crippen LogP contribution is 2.23. The number of ether oxygens (including phenoxy) is 1. The Hall–Kier alpha value is -1.10. The van der Waals surface area contributed by atoms with E-state index in [9.17, 15) is 9.59 Å². The van der Waals surface area contributed by atoms with Crippen LogP contribution in [0.3, 0.4) is 0 Å². The van der Waals surface area contributed by atoms with Crippen molar-refractivity contribution >= 4 is 11.9 Å². The van der Waals surface area contributed by atoms with Crippen molar-refractivity contribution in [3.63, 3.8) is 0 Å². The van der Waals surface area contributed by atoms with Crippen molar-refractivity contribution in [2.45, 2.75) is 46.7 Å². The minimum Gasteiger partial charge on any atom is -0.464 e. The normalized spacial score (nSPS) is 15.0. The highest BCUT2D eigenvalue weighted by atomic mass is 16.5. The number of carbonyl (C=O) groups is 2. The zero-order valence-electron chi connectivity index (χ0n) is 11.6. The van der Waals surface area contributed by atoms with Gasteiger partial charge < -0.3 is 15.4 Å². The number of rotatable bonds is 4. The molecule has 2 unspecified atom stereocenters. The summed E-state index contributed by atoms with van der Waals surface area (Å²) in [6, 6.07) is -1.25. The molecule has 0 aromatic carbocycles. The van der Waals surface area contributed by atoms with Gasteiger partial charge in [0.1, 0.15) is 0 Å². The van der Waals surface area contributed by atoms with Gasteiger partial charge in [0.2, 0.25) is 0 Å². The standard InChI is InChI=1S/C12H24N2O3/c1-7-17-11(16)9(13)10(15)14(6)8(2)12(3,4)5/h8-9H,7,13H2,1-6H3. The lowest BCUT2D eigenvalue weighted by molar-refractivity contribution is -0.151. The van der Waals surface area contributed by atoms with Crippen LogP contribution in [0.1, 0.15) is 34.6 Å². The summed E-state index contributed by atoms with van der Waals surface area (Å²) < 4.78 is 4.73. The quantitative estimate of drug-likeness (QED) is 0.585. The van der Waals surface area contributed by atoms with E-state index in [-0.39, 0.29) is 18.1 Å². The van der Waals surface area contributed by atoms with Gasteiger partial charge in [0.15, 0.2) is 6.04 Å². The van der Waals surface area contributed by atoms with Crippen molar-refractivity contribution in [3.05, 3.63) is 0 Å². The van der Waals surface area contributed by atoms with Crippen LogP contribution < -0.4 is 5.73 Å². The van der Waals surface area contributed by atoms with Gasteiger partial charge in [-0.3, -0.25) is 4.79 Å². The number of likely N-dealkylation sites (N-methyl/N-ethyl adjacent to an activating group) is 1. The molecule has 2 N–H and O–H groups in total. The fraction of sp³-hybridized carbons (Fsp3) is 0.833. The highest BCUT2D eigenvalue weighted by molar-refractivity contribution is 6.01. The zero-order chi connectivity index (χ0) is 13.8. The summed E-state index contributed by atoms with van der Waals surface area (Å²) in [5.41, 5.74) is 5.49. The maximum atomic E-state index is 11.9. The first-order valence-electron chi connectivity index (χ1n) is 5.81. The first-order chi connectivity index (χ1) is 7.62. The molecule has 0 saturated heterocycles. The lowest BCUT2D eigenvalue weighted by atomic mass is 9.87. The number of carbonyl (C=O) groups excluding carboxylic acids is 2. The van der Waals surface area contributed by atoms with Crippen LogP contribution in [0.2, 0.25) is 0 Å². The minimum atomic E-state index is -1.23. The second kappa shape index (κ2) is 6.00. The van der Waals surface area contributed by atoms with Gasteiger partial charge in [0.25, 0.3) is 5.91 Å². The number of nitrogens with zero attached hydrogens (tertiary/aromatic N) is 1. The van der Waals surface area contributed by atoms with Crippen LogP contribution in [-0.2, 0) is 14.3 Å². The van der Waals surface area contributed by atoms with Gasteiger partial charge in [0, 0.05) is 13.1 Å². The molecule has 0 rings (SSSR count). The van der Waals surface area contributed by atoms with E-state index in [1.54, 1.807) is 14.0 Å². The molecule has 0 aliphatic heterocycles. The van der Waals surface area contributed by atoms with Crippen LogP contribution in [0, 0.1) is 5.41 Å². The summed E-state index contributed by atoms with van der Waals surface area (Å²) in [4.78, 5) is 24.8. The van der Waals surface area contributed by atoms with E-state index in [4.69, 9.17) is 10.5 Å². The molecule has 2 atom stereocenters. The Morgan fingerprint density at radius 3 is 2.18 bits per heavy atom. The van der Waals surface area contributed by atoms with Gasteiger partial charge in [-0.05, 0) is 19.3 Å². The lowest BCUT2D eigenvalue weighted by Gasteiger charge is -2.36. The molecule has 0 bridgehead atoms. The summed E-state index contributed by atoms with van der Waals surface area (Å²) in [7, 11) is 1.65. The number of amides is 1. The van der Waals surface area contributed by atoms with Crippen LogP contribution in [0.25, 0.3) is 0 Å². The van der Waals surface area contributed by atoms with Crippen LogP contribution >= 0.6 is 0 Å². The Balaban J connectivity index is 4.65. The molecule has 0 aromatic rings. The average Bonchev–Trinajstić information content (AvgIpc) is 2.24. The first-order valence-corrected chi connectivity index (χ1v) is 5.81. The summed E-state index contributed by atoms with van der Waals surface area (Å²) >= 11 is 0. The maximum Gasteiger partial charge on any atom is 0.332 e. The minimum absolute atomic E-state index is 0.0181. The van der Waals surface area contributed by atoms with Crippen molar-refractivity contribution in [2.24, 2.45) is 11.1 Å². The third-order valence-corrected chi connectivity index (χ3v) is 2.99. The Morgan fingerprint density at radius 1 is 1.35 bits per heavy atom. The topological polar surface area (TPSA) is 72.6 Å². The molecule has 0 aliphatic carbocycles. The predicted molar refractivity (Wildman–Crippen MR) is 66.3 cm³/mol. The lowest BCUT2D eigenvalue weighted by Crippen LogP contribution is -2.52. The summed E-state index contributed by atoms with van der Waals surface area (Å²) in [6.45, 7) is 9.90. The van der Waals surface area contributed by atoms with E-state index in [1.807, 2.05) is 27.7 Å². The maximum absolute atomic E-state index is 11.9.